The molecule has 0 spiro atoms. The van der Waals surface area contributed by atoms with Gasteiger partial charge in [-0.3, -0.25) is 9.69 Å². The number of nitrogens with one attached hydrogen (secondary N) is 1. The minimum atomic E-state index is 0.0369. The first-order valence-corrected chi connectivity index (χ1v) is 7.18. The zero-order chi connectivity index (χ0) is 14.4. The second kappa shape index (κ2) is 4.48. The second-order valence-corrected chi connectivity index (χ2v) is 5.57. The van der Waals surface area contributed by atoms with E-state index < -0.39 is 0 Å². The molecule has 2 aromatic carbocycles. The molecule has 0 fully saturated rings. The topological polar surface area (TPSA) is 32.3 Å². The first kappa shape index (κ1) is 12.2. The molecule has 0 radical (unpaired) electrons. The van der Waals surface area contributed by atoms with E-state index in [1.165, 1.54) is 5.56 Å². The van der Waals surface area contributed by atoms with Crippen LogP contribution in [0.15, 0.2) is 66.2 Å². The molecule has 2 aromatic rings. The molecular formula is C18H16N2O. The highest BCUT2D eigenvalue weighted by molar-refractivity contribution is 6.11. The molecule has 104 valence electrons. The largest absolute Gasteiger partial charge is 0.374 e. The van der Waals surface area contributed by atoms with Crippen molar-refractivity contribution in [3.8, 4) is 0 Å². The Labute approximate surface area is 123 Å². The Morgan fingerprint density at radius 1 is 1.00 bits per heavy atom. The van der Waals surface area contributed by atoms with E-state index in [2.05, 4.69) is 23.5 Å². The summed E-state index contributed by atoms with van der Waals surface area (Å²) in [7, 11) is 0. The van der Waals surface area contributed by atoms with Gasteiger partial charge in [-0.2, -0.15) is 0 Å². The Bertz CT molecular complexity index is 736. The van der Waals surface area contributed by atoms with E-state index in [1.807, 2.05) is 54.3 Å². The van der Waals surface area contributed by atoms with Gasteiger partial charge in [-0.1, -0.05) is 48.5 Å². The summed E-state index contributed by atoms with van der Waals surface area (Å²) in [6.07, 6.45) is 2.07. The van der Waals surface area contributed by atoms with Crippen molar-refractivity contribution in [1.29, 1.82) is 0 Å². The number of amides is 1. The van der Waals surface area contributed by atoms with Crippen LogP contribution < -0.4 is 10.2 Å². The Hall–Kier alpha value is -2.55. The summed E-state index contributed by atoms with van der Waals surface area (Å²) in [6.45, 7) is 1.89. The number of fused-ring (bicyclic) bond motifs is 3. The summed E-state index contributed by atoms with van der Waals surface area (Å²) in [5.41, 5.74) is 3.99. The van der Waals surface area contributed by atoms with Crippen LogP contribution in [0.2, 0.25) is 0 Å². The summed E-state index contributed by atoms with van der Waals surface area (Å²) >= 11 is 0. The van der Waals surface area contributed by atoms with E-state index in [9.17, 15) is 4.79 Å². The quantitative estimate of drug-likeness (QED) is 0.864. The summed E-state index contributed by atoms with van der Waals surface area (Å²) in [5, 5.41) is 3.59. The molecule has 0 aliphatic carbocycles. The third-order valence-electron chi connectivity index (χ3n) is 4.25. The van der Waals surface area contributed by atoms with Crippen molar-refractivity contribution in [2.24, 2.45) is 0 Å². The van der Waals surface area contributed by atoms with Crippen LogP contribution in [0.1, 0.15) is 18.5 Å². The molecule has 2 aliphatic heterocycles. The Morgan fingerprint density at radius 3 is 2.52 bits per heavy atom. The molecular weight excluding hydrogens is 260 g/mol. The Balaban J connectivity index is 1.86. The lowest BCUT2D eigenvalue weighted by Crippen LogP contribution is -2.44. The molecule has 2 aliphatic rings. The van der Waals surface area contributed by atoms with Gasteiger partial charge in [0.25, 0.3) is 5.91 Å². The van der Waals surface area contributed by atoms with Crippen molar-refractivity contribution in [1.82, 2.24) is 0 Å². The number of hydrogen-bond acceptors (Lipinski definition) is 2. The fourth-order valence-corrected chi connectivity index (χ4v) is 3.24. The van der Waals surface area contributed by atoms with Crippen LogP contribution in [0.4, 0.5) is 11.4 Å². The summed E-state index contributed by atoms with van der Waals surface area (Å²) in [5.74, 6) is 0.106. The minimum absolute atomic E-state index is 0.0369. The van der Waals surface area contributed by atoms with E-state index in [-0.39, 0.29) is 18.0 Å². The molecule has 0 unspecified atom stereocenters. The average Bonchev–Trinajstić information content (AvgIpc) is 2.83. The highest BCUT2D eigenvalue weighted by atomic mass is 16.2. The lowest BCUT2D eigenvalue weighted by atomic mass is 9.95. The van der Waals surface area contributed by atoms with E-state index >= 15 is 0 Å². The van der Waals surface area contributed by atoms with Gasteiger partial charge >= 0.3 is 0 Å². The van der Waals surface area contributed by atoms with E-state index in [4.69, 9.17) is 0 Å². The molecule has 3 nitrogen and oxygen atoms in total. The lowest BCUT2D eigenvalue weighted by Gasteiger charge is -2.39. The van der Waals surface area contributed by atoms with Gasteiger partial charge in [0, 0.05) is 5.57 Å². The number of anilines is 2. The highest BCUT2D eigenvalue weighted by Crippen LogP contribution is 2.43. The van der Waals surface area contributed by atoms with Gasteiger partial charge in [-0.25, -0.2) is 0 Å². The predicted molar refractivity (Wildman–Crippen MR) is 84.3 cm³/mol. The monoisotopic (exact) mass is 276 g/mol. The van der Waals surface area contributed by atoms with Crippen LogP contribution in [0.5, 0.6) is 0 Å². The molecule has 0 bridgehead atoms. The highest BCUT2D eigenvalue weighted by Gasteiger charge is 2.41. The molecule has 1 amide bonds. The number of rotatable bonds is 1. The standard InChI is InChI=1S/C18H16N2O/c1-12-11-16-17(13-7-3-2-4-8-13)19-14-9-5-6-10-15(14)20(16)18(12)21/h2-11,16-17,19H,1H3/t16-,17-/m1/s1. The minimum Gasteiger partial charge on any atom is -0.374 e. The van der Waals surface area contributed by atoms with Gasteiger partial charge in [0.05, 0.1) is 23.5 Å². The average molecular weight is 276 g/mol. The summed E-state index contributed by atoms with van der Waals surface area (Å²) in [6, 6.07) is 18.4. The summed E-state index contributed by atoms with van der Waals surface area (Å²) in [4.78, 5) is 14.4. The van der Waals surface area contributed by atoms with E-state index in [0.717, 1.165) is 16.9 Å². The lowest BCUT2D eigenvalue weighted by molar-refractivity contribution is -0.114. The maximum absolute atomic E-state index is 12.5. The van der Waals surface area contributed by atoms with Crippen molar-refractivity contribution in [2.75, 3.05) is 10.2 Å². The number of hydrogen-bond donors (Lipinski definition) is 1. The van der Waals surface area contributed by atoms with Crippen LogP contribution in [0, 0.1) is 0 Å². The van der Waals surface area contributed by atoms with Gasteiger partial charge < -0.3 is 5.32 Å². The second-order valence-electron chi connectivity index (χ2n) is 5.57. The third kappa shape index (κ3) is 1.77. The zero-order valence-electron chi connectivity index (χ0n) is 11.8. The maximum Gasteiger partial charge on any atom is 0.254 e. The molecule has 2 heterocycles. The Morgan fingerprint density at radius 2 is 1.71 bits per heavy atom. The first-order chi connectivity index (χ1) is 10.3. The molecule has 2 atom stereocenters. The molecule has 21 heavy (non-hydrogen) atoms. The first-order valence-electron chi connectivity index (χ1n) is 7.18. The van der Waals surface area contributed by atoms with Crippen molar-refractivity contribution < 1.29 is 4.79 Å². The molecule has 0 saturated carbocycles. The zero-order valence-corrected chi connectivity index (χ0v) is 11.8. The number of para-hydroxylation sites is 2. The van der Waals surface area contributed by atoms with Crippen LogP contribution in [-0.4, -0.2) is 11.9 Å². The number of nitrogens with zero attached hydrogens (tertiary/aromatic N) is 1. The molecule has 4 rings (SSSR count). The molecule has 3 heteroatoms. The maximum atomic E-state index is 12.5. The van der Waals surface area contributed by atoms with Crippen LogP contribution in [-0.2, 0) is 4.79 Å². The number of carbonyl (C=O) groups is 1. The van der Waals surface area contributed by atoms with Crippen molar-refractivity contribution in [3.05, 3.63) is 71.8 Å². The van der Waals surface area contributed by atoms with Crippen LogP contribution >= 0.6 is 0 Å². The molecule has 0 aromatic heterocycles. The molecule has 1 N–H and O–H groups in total. The fourth-order valence-electron chi connectivity index (χ4n) is 3.24. The van der Waals surface area contributed by atoms with Gasteiger partial charge in [-0.05, 0) is 24.6 Å². The van der Waals surface area contributed by atoms with E-state index in [0.29, 0.717) is 0 Å². The van der Waals surface area contributed by atoms with Gasteiger partial charge in [0.15, 0.2) is 0 Å². The van der Waals surface area contributed by atoms with Crippen molar-refractivity contribution in [3.63, 3.8) is 0 Å². The smallest absolute Gasteiger partial charge is 0.254 e. The van der Waals surface area contributed by atoms with Crippen LogP contribution in [0.3, 0.4) is 0 Å². The van der Waals surface area contributed by atoms with Crippen LogP contribution in [0.25, 0.3) is 0 Å². The summed E-state index contributed by atoms with van der Waals surface area (Å²) < 4.78 is 0. The SMILES string of the molecule is CC1=C[C@@H]2[C@@H](c3ccccc3)Nc3ccccc3N2C1=O. The molecule has 0 saturated heterocycles. The van der Waals surface area contributed by atoms with Crippen molar-refractivity contribution in [2.45, 2.75) is 19.0 Å². The van der Waals surface area contributed by atoms with E-state index in [1.54, 1.807) is 0 Å². The van der Waals surface area contributed by atoms with Crippen molar-refractivity contribution >= 4 is 17.3 Å². The normalized spacial score (nSPS) is 23.2. The van der Waals surface area contributed by atoms with Gasteiger partial charge in [-0.15, -0.1) is 0 Å². The number of benzene rings is 2. The number of carbonyl (C=O) groups excluding carboxylic acids is 1. The third-order valence-corrected chi connectivity index (χ3v) is 4.25. The predicted octanol–water partition coefficient (Wildman–Crippen LogP) is 3.51. The Kier molecular flexibility index (Phi) is 2.61. The van der Waals surface area contributed by atoms with Gasteiger partial charge in [0.2, 0.25) is 0 Å². The fraction of sp³-hybridized carbons (Fsp3) is 0.167. The van der Waals surface area contributed by atoms with Gasteiger partial charge in [0.1, 0.15) is 0 Å².